The van der Waals surface area contributed by atoms with E-state index >= 15 is 0 Å². The van der Waals surface area contributed by atoms with E-state index in [4.69, 9.17) is 10.8 Å². The predicted molar refractivity (Wildman–Crippen MR) is 31.7 cm³/mol. The minimum atomic E-state index is -1.08. The molecule has 0 aliphatic rings. The van der Waals surface area contributed by atoms with Gasteiger partial charge in [-0.15, -0.1) is 0 Å². The van der Waals surface area contributed by atoms with Gasteiger partial charge in [-0.1, -0.05) is 0 Å². The number of carboxylic acids is 1. The van der Waals surface area contributed by atoms with Gasteiger partial charge in [0, 0.05) is 29.6 Å². The zero-order valence-corrected chi connectivity index (χ0v) is 7.43. The number of hydrogen-bond acceptors (Lipinski definition) is 2. The number of hydrogen-bond donors (Lipinski definition) is 2. The third kappa shape index (κ3) is 4.59. The maximum Gasteiger partial charge on any atom is 0.323 e. The van der Waals surface area contributed by atoms with Gasteiger partial charge in [0.05, 0.1) is 0 Å². The van der Waals surface area contributed by atoms with E-state index in [0.29, 0.717) is 0 Å². The molecule has 1 radical (unpaired) electrons. The Morgan fingerprint density at radius 2 is 1.75 bits per heavy atom. The number of carboxylic acid groups (broad SMARTS) is 1. The second kappa shape index (κ2) is 3.45. The van der Waals surface area contributed by atoms with Crippen molar-refractivity contribution in [2.75, 3.05) is 0 Å². The van der Waals surface area contributed by atoms with E-state index in [1.165, 1.54) is 13.8 Å². The van der Waals surface area contributed by atoms with Gasteiger partial charge in [-0.3, -0.25) is 4.79 Å². The number of rotatable bonds is 1. The fourth-order valence-electron chi connectivity index (χ4n) is 0. The SMILES string of the molecule is CC(C)(N)C(=O)O.[Na]. The summed E-state index contributed by atoms with van der Waals surface area (Å²) in [6.45, 7) is 2.88. The van der Waals surface area contributed by atoms with E-state index in [0.717, 1.165) is 0 Å². The Kier molecular flexibility index (Phi) is 4.86. The molecule has 3 nitrogen and oxygen atoms in total. The van der Waals surface area contributed by atoms with Crippen LogP contribution in [0.5, 0.6) is 0 Å². The smallest absolute Gasteiger partial charge is 0.323 e. The van der Waals surface area contributed by atoms with Gasteiger partial charge in [0.25, 0.3) is 0 Å². The molecule has 0 bridgehead atoms. The van der Waals surface area contributed by atoms with Crippen LogP contribution < -0.4 is 5.73 Å². The first kappa shape index (κ1) is 11.3. The van der Waals surface area contributed by atoms with Crippen molar-refractivity contribution in [1.29, 1.82) is 0 Å². The third-order valence-electron chi connectivity index (χ3n) is 0.551. The molecular formula is C4H9NNaO2. The molecule has 0 heterocycles. The maximum absolute atomic E-state index is 9.90. The third-order valence-corrected chi connectivity index (χ3v) is 0.551. The van der Waals surface area contributed by atoms with Gasteiger partial charge in [0.15, 0.2) is 0 Å². The van der Waals surface area contributed by atoms with Gasteiger partial charge in [-0.25, -0.2) is 0 Å². The largest absolute Gasteiger partial charge is 0.480 e. The topological polar surface area (TPSA) is 63.3 Å². The van der Waals surface area contributed by atoms with Crippen LogP contribution in [-0.2, 0) is 4.79 Å². The van der Waals surface area contributed by atoms with E-state index in [1.54, 1.807) is 0 Å². The molecule has 0 aromatic heterocycles. The first-order valence-electron chi connectivity index (χ1n) is 1.97. The Bertz CT molecular complexity index is 86.5. The van der Waals surface area contributed by atoms with Crippen molar-refractivity contribution in [3.05, 3.63) is 0 Å². The summed E-state index contributed by atoms with van der Waals surface area (Å²) in [4.78, 5) is 9.90. The molecule has 0 saturated carbocycles. The Balaban J connectivity index is 0. The second-order valence-corrected chi connectivity index (χ2v) is 2.03. The summed E-state index contributed by atoms with van der Waals surface area (Å²) in [7, 11) is 0. The molecule has 8 heavy (non-hydrogen) atoms. The predicted octanol–water partition coefficient (Wildman–Crippen LogP) is -0.573. The second-order valence-electron chi connectivity index (χ2n) is 2.03. The molecule has 0 amide bonds. The summed E-state index contributed by atoms with van der Waals surface area (Å²) in [5, 5.41) is 8.12. The van der Waals surface area contributed by atoms with Crippen molar-refractivity contribution in [2.24, 2.45) is 5.73 Å². The molecule has 0 rings (SSSR count). The Hall–Kier alpha value is 0.430. The van der Waals surface area contributed by atoms with E-state index in [9.17, 15) is 4.79 Å². The van der Waals surface area contributed by atoms with Crippen molar-refractivity contribution < 1.29 is 9.90 Å². The first-order valence-corrected chi connectivity index (χ1v) is 1.97. The Morgan fingerprint density at radius 3 is 1.75 bits per heavy atom. The molecule has 0 fully saturated rings. The average Bonchev–Trinajstić information content (AvgIpc) is 1.31. The summed E-state index contributed by atoms with van der Waals surface area (Å²) in [6, 6.07) is 0. The van der Waals surface area contributed by atoms with E-state index in [-0.39, 0.29) is 29.6 Å². The fourth-order valence-corrected chi connectivity index (χ4v) is 0. The molecular weight excluding hydrogens is 117 g/mol. The molecule has 0 aromatic rings. The standard InChI is InChI=1S/C4H9NO2.Na/c1-4(2,5)3(6)7;/h5H2,1-2H3,(H,6,7);. The zero-order chi connectivity index (χ0) is 6.08. The first-order chi connectivity index (χ1) is 2.94. The molecule has 0 unspecified atom stereocenters. The van der Waals surface area contributed by atoms with Crippen LogP contribution in [0.2, 0.25) is 0 Å². The molecule has 0 aliphatic heterocycles. The molecule has 0 aromatic carbocycles. The Labute approximate surface area is 70.5 Å². The van der Waals surface area contributed by atoms with Gasteiger partial charge >= 0.3 is 5.97 Å². The van der Waals surface area contributed by atoms with Crippen LogP contribution in [0.3, 0.4) is 0 Å². The molecule has 0 saturated heterocycles. The quantitative estimate of drug-likeness (QED) is 0.462. The van der Waals surface area contributed by atoms with Crippen molar-refractivity contribution in [3.8, 4) is 0 Å². The maximum atomic E-state index is 9.90. The van der Waals surface area contributed by atoms with Crippen molar-refractivity contribution in [3.63, 3.8) is 0 Å². The van der Waals surface area contributed by atoms with Crippen molar-refractivity contribution >= 4 is 35.5 Å². The van der Waals surface area contributed by atoms with Crippen LogP contribution >= 0.6 is 0 Å². The van der Waals surface area contributed by atoms with E-state index in [1.807, 2.05) is 0 Å². The van der Waals surface area contributed by atoms with Crippen LogP contribution in [0.4, 0.5) is 0 Å². The van der Waals surface area contributed by atoms with Crippen molar-refractivity contribution in [2.45, 2.75) is 19.4 Å². The number of nitrogens with two attached hydrogens (primary N) is 1. The molecule has 43 valence electrons. The van der Waals surface area contributed by atoms with Gasteiger partial charge in [0.2, 0.25) is 0 Å². The molecule has 3 N–H and O–H groups in total. The van der Waals surface area contributed by atoms with Crippen LogP contribution in [0.1, 0.15) is 13.8 Å². The molecule has 0 atom stereocenters. The molecule has 4 heteroatoms. The van der Waals surface area contributed by atoms with Crippen molar-refractivity contribution in [1.82, 2.24) is 0 Å². The summed E-state index contributed by atoms with van der Waals surface area (Å²) >= 11 is 0. The van der Waals surface area contributed by atoms with Gasteiger partial charge < -0.3 is 10.8 Å². The average molecular weight is 126 g/mol. The minimum absolute atomic E-state index is 0. The summed E-state index contributed by atoms with van der Waals surface area (Å²) in [6.07, 6.45) is 0. The van der Waals surface area contributed by atoms with Crippen LogP contribution in [0, 0.1) is 0 Å². The van der Waals surface area contributed by atoms with Gasteiger partial charge in [-0.2, -0.15) is 0 Å². The molecule has 0 aliphatic carbocycles. The summed E-state index contributed by atoms with van der Waals surface area (Å²) < 4.78 is 0. The Morgan fingerprint density at radius 1 is 1.62 bits per heavy atom. The van der Waals surface area contributed by atoms with Crippen LogP contribution in [-0.4, -0.2) is 46.2 Å². The van der Waals surface area contributed by atoms with Crippen LogP contribution in [0.25, 0.3) is 0 Å². The fraction of sp³-hybridized carbons (Fsp3) is 0.750. The minimum Gasteiger partial charge on any atom is -0.480 e. The van der Waals surface area contributed by atoms with Crippen LogP contribution in [0.15, 0.2) is 0 Å². The summed E-state index contributed by atoms with van der Waals surface area (Å²) in [5.41, 5.74) is 4.00. The normalized spacial score (nSPS) is 9.88. The monoisotopic (exact) mass is 126 g/mol. The number of aliphatic carboxylic acids is 1. The van der Waals surface area contributed by atoms with E-state index in [2.05, 4.69) is 0 Å². The molecule has 0 spiro atoms. The van der Waals surface area contributed by atoms with Gasteiger partial charge in [0.1, 0.15) is 5.54 Å². The van der Waals surface area contributed by atoms with E-state index < -0.39 is 11.5 Å². The number of carbonyl (C=O) groups is 1. The summed E-state index contributed by atoms with van der Waals surface area (Å²) in [5.74, 6) is -0.979. The zero-order valence-electron chi connectivity index (χ0n) is 5.43. The van der Waals surface area contributed by atoms with Gasteiger partial charge in [-0.05, 0) is 13.8 Å².